The quantitative estimate of drug-likeness (QED) is 0.692. The highest BCUT2D eigenvalue weighted by atomic mass is 16.5. The largest absolute Gasteiger partial charge is 0.494 e. The molecule has 28 heavy (non-hydrogen) atoms. The van der Waals surface area contributed by atoms with Crippen LogP contribution in [0, 0.1) is 5.92 Å². The smallest absolute Gasteiger partial charge is 0.319 e. The van der Waals surface area contributed by atoms with Crippen LogP contribution in [0.3, 0.4) is 0 Å². The predicted molar refractivity (Wildman–Crippen MR) is 105 cm³/mol. The third-order valence-electron chi connectivity index (χ3n) is 4.81. The Hall–Kier alpha value is -3.22. The first kappa shape index (κ1) is 19.5. The lowest BCUT2D eigenvalue weighted by atomic mass is 9.86. The highest BCUT2D eigenvalue weighted by Crippen LogP contribution is 2.32. The van der Waals surface area contributed by atoms with Crippen LogP contribution in [0.25, 0.3) is 0 Å². The van der Waals surface area contributed by atoms with E-state index in [9.17, 15) is 9.59 Å². The molecule has 2 amide bonds. The molecular formula is C21H24N2O5. The molecule has 1 aliphatic carbocycles. The van der Waals surface area contributed by atoms with E-state index in [-0.39, 0.29) is 18.0 Å². The summed E-state index contributed by atoms with van der Waals surface area (Å²) in [4.78, 5) is 23.3. The maximum absolute atomic E-state index is 12.3. The highest BCUT2D eigenvalue weighted by Gasteiger charge is 2.26. The van der Waals surface area contributed by atoms with Crippen LogP contribution < -0.4 is 20.1 Å². The number of carbonyl (C=O) groups is 2. The van der Waals surface area contributed by atoms with E-state index >= 15 is 0 Å². The number of carboxylic acid groups (broad SMARTS) is 1. The van der Waals surface area contributed by atoms with E-state index in [0.29, 0.717) is 48.6 Å². The first-order valence-corrected chi connectivity index (χ1v) is 9.26. The maximum atomic E-state index is 12.3. The number of rotatable bonds is 6. The number of anilines is 1. The molecule has 2 aromatic carbocycles. The Morgan fingerprint density at radius 3 is 2.36 bits per heavy atom. The molecule has 0 aliphatic heterocycles. The molecule has 2 aromatic rings. The second-order valence-corrected chi connectivity index (χ2v) is 6.76. The second kappa shape index (κ2) is 9.12. The summed E-state index contributed by atoms with van der Waals surface area (Å²) in [7, 11) is 1.53. The van der Waals surface area contributed by atoms with Gasteiger partial charge in [-0.25, -0.2) is 4.79 Å². The molecule has 0 heterocycles. The lowest BCUT2D eigenvalue weighted by Gasteiger charge is -2.27. The van der Waals surface area contributed by atoms with Gasteiger partial charge in [0.05, 0.1) is 18.7 Å². The van der Waals surface area contributed by atoms with E-state index in [1.165, 1.54) is 7.11 Å². The zero-order valence-electron chi connectivity index (χ0n) is 15.7. The molecule has 0 radical (unpaired) electrons. The number of amides is 2. The van der Waals surface area contributed by atoms with Gasteiger partial charge in [-0.3, -0.25) is 4.79 Å². The first-order chi connectivity index (χ1) is 13.5. The fourth-order valence-corrected chi connectivity index (χ4v) is 3.29. The fourth-order valence-electron chi connectivity index (χ4n) is 3.29. The molecular weight excluding hydrogens is 360 g/mol. The number of carboxylic acids is 1. The topological polar surface area (TPSA) is 96.9 Å². The number of benzene rings is 2. The van der Waals surface area contributed by atoms with Crippen LogP contribution in [0.1, 0.15) is 25.7 Å². The van der Waals surface area contributed by atoms with Crippen molar-refractivity contribution in [3.05, 3.63) is 48.5 Å². The van der Waals surface area contributed by atoms with E-state index in [1.807, 2.05) is 30.3 Å². The van der Waals surface area contributed by atoms with Crippen LogP contribution in [0.5, 0.6) is 17.2 Å². The molecule has 148 valence electrons. The van der Waals surface area contributed by atoms with Crippen molar-refractivity contribution in [1.82, 2.24) is 5.32 Å². The van der Waals surface area contributed by atoms with Crippen molar-refractivity contribution in [1.29, 1.82) is 0 Å². The summed E-state index contributed by atoms with van der Waals surface area (Å²) >= 11 is 0. The summed E-state index contributed by atoms with van der Waals surface area (Å²) in [6, 6.07) is 14.2. The second-order valence-electron chi connectivity index (χ2n) is 6.76. The Labute approximate surface area is 163 Å². The van der Waals surface area contributed by atoms with Gasteiger partial charge in [-0.05, 0) is 49.9 Å². The van der Waals surface area contributed by atoms with E-state index in [4.69, 9.17) is 14.6 Å². The van der Waals surface area contributed by atoms with Gasteiger partial charge >= 0.3 is 12.0 Å². The summed E-state index contributed by atoms with van der Waals surface area (Å²) in [5.41, 5.74) is 0.527. The molecule has 0 bridgehead atoms. The van der Waals surface area contributed by atoms with Crippen LogP contribution in [0.4, 0.5) is 10.5 Å². The fraction of sp³-hybridized carbons (Fsp3) is 0.333. The molecule has 7 heteroatoms. The standard InChI is InChI=1S/C21H24N2O5/c1-27-19-13-17(28-16-5-3-2-4-6-16)11-12-18(19)23-21(26)22-15-9-7-14(8-10-15)20(24)25/h2-6,11-15H,7-10H2,1H3,(H,24,25)(H2,22,23,26). The summed E-state index contributed by atoms with van der Waals surface area (Å²) in [6.07, 6.45) is 2.47. The molecule has 0 unspecified atom stereocenters. The van der Waals surface area contributed by atoms with Crippen molar-refractivity contribution in [2.24, 2.45) is 5.92 Å². The van der Waals surface area contributed by atoms with Gasteiger partial charge in [-0.1, -0.05) is 18.2 Å². The number of urea groups is 1. The zero-order valence-corrected chi connectivity index (χ0v) is 15.7. The summed E-state index contributed by atoms with van der Waals surface area (Å²) in [6.45, 7) is 0. The normalized spacial score (nSPS) is 18.8. The Morgan fingerprint density at radius 1 is 1.00 bits per heavy atom. The number of aliphatic carboxylic acids is 1. The highest BCUT2D eigenvalue weighted by molar-refractivity contribution is 5.91. The van der Waals surface area contributed by atoms with Crippen molar-refractivity contribution in [3.8, 4) is 17.2 Å². The van der Waals surface area contributed by atoms with Gasteiger partial charge in [0.1, 0.15) is 17.2 Å². The molecule has 3 N–H and O–H groups in total. The van der Waals surface area contributed by atoms with Crippen molar-refractivity contribution in [3.63, 3.8) is 0 Å². The number of ether oxygens (including phenoxy) is 2. The van der Waals surface area contributed by atoms with E-state index in [2.05, 4.69) is 10.6 Å². The van der Waals surface area contributed by atoms with Crippen LogP contribution in [-0.4, -0.2) is 30.3 Å². The molecule has 1 aliphatic rings. The first-order valence-electron chi connectivity index (χ1n) is 9.26. The van der Waals surface area contributed by atoms with Gasteiger partial charge in [-0.15, -0.1) is 0 Å². The molecule has 0 aromatic heterocycles. The summed E-state index contributed by atoms with van der Waals surface area (Å²) in [5, 5.41) is 14.7. The van der Waals surface area contributed by atoms with Gasteiger partial charge in [0.2, 0.25) is 0 Å². The monoisotopic (exact) mass is 384 g/mol. The van der Waals surface area contributed by atoms with E-state index in [0.717, 1.165) is 0 Å². The van der Waals surface area contributed by atoms with Gasteiger partial charge in [0.15, 0.2) is 0 Å². The van der Waals surface area contributed by atoms with Gasteiger partial charge < -0.3 is 25.2 Å². The van der Waals surface area contributed by atoms with Crippen molar-refractivity contribution in [2.45, 2.75) is 31.7 Å². The number of carbonyl (C=O) groups excluding carboxylic acids is 1. The van der Waals surface area contributed by atoms with Crippen molar-refractivity contribution < 1.29 is 24.2 Å². The van der Waals surface area contributed by atoms with E-state index in [1.54, 1.807) is 18.2 Å². The van der Waals surface area contributed by atoms with Gasteiger partial charge in [-0.2, -0.15) is 0 Å². The number of methoxy groups -OCH3 is 1. The minimum atomic E-state index is -0.759. The Kier molecular flexibility index (Phi) is 6.37. The van der Waals surface area contributed by atoms with Crippen molar-refractivity contribution >= 4 is 17.7 Å². The Morgan fingerprint density at radius 2 is 1.71 bits per heavy atom. The van der Waals surface area contributed by atoms with Crippen LogP contribution in [0.2, 0.25) is 0 Å². The minimum Gasteiger partial charge on any atom is -0.494 e. The molecule has 0 spiro atoms. The van der Waals surface area contributed by atoms with Crippen LogP contribution in [-0.2, 0) is 4.79 Å². The number of nitrogens with one attached hydrogen (secondary N) is 2. The summed E-state index contributed by atoms with van der Waals surface area (Å²) < 4.78 is 11.1. The minimum absolute atomic E-state index is 0.0257. The lowest BCUT2D eigenvalue weighted by molar-refractivity contribution is -0.142. The number of hydrogen-bond donors (Lipinski definition) is 3. The maximum Gasteiger partial charge on any atom is 0.319 e. The average Bonchev–Trinajstić information content (AvgIpc) is 2.70. The van der Waals surface area contributed by atoms with Gasteiger partial charge in [0.25, 0.3) is 0 Å². The van der Waals surface area contributed by atoms with Gasteiger partial charge in [0, 0.05) is 12.1 Å². The molecule has 1 fully saturated rings. The lowest BCUT2D eigenvalue weighted by Crippen LogP contribution is -2.41. The summed E-state index contributed by atoms with van der Waals surface area (Å²) in [5.74, 6) is 0.725. The number of para-hydroxylation sites is 1. The predicted octanol–water partition coefficient (Wildman–Crippen LogP) is 4.25. The molecule has 1 saturated carbocycles. The van der Waals surface area contributed by atoms with Crippen LogP contribution >= 0.6 is 0 Å². The average molecular weight is 384 g/mol. The SMILES string of the molecule is COc1cc(Oc2ccccc2)ccc1NC(=O)NC1CCC(C(=O)O)CC1. The van der Waals surface area contributed by atoms with E-state index < -0.39 is 5.97 Å². The van der Waals surface area contributed by atoms with Crippen LogP contribution in [0.15, 0.2) is 48.5 Å². The molecule has 0 atom stereocenters. The third kappa shape index (κ3) is 5.16. The Bertz CT molecular complexity index is 817. The zero-order chi connectivity index (χ0) is 19.9. The third-order valence-corrected chi connectivity index (χ3v) is 4.81. The van der Waals surface area contributed by atoms with Crippen molar-refractivity contribution in [2.75, 3.05) is 12.4 Å². The molecule has 7 nitrogen and oxygen atoms in total. The number of hydrogen-bond acceptors (Lipinski definition) is 4. The molecule has 3 rings (SSSR count). The molecule has 0 saturated heterocycles. The Balaban J connectivity index is 1.57.